The average Bonchev–Trinajstić information content (AvgIpc) is 3.30. The summed E-state index contributed by atoms with van der Waals surface area (Å²) in [5.74, 6) is 0.548. The van der Waals surface area contributed by atoms with Crippen LogP contribution in [0.25, 0.3) is 11.0 Å². The Hall–Kier alpha value is -3.15. The number of aryl methyl sites for hydroxylation is 1. The molecule has 1 fully saturated rings. The van der Waals surface area contributed by atoms with Crippen LogP contribution >= 0.6 is 0 Å². The molecule has 0 N–H and O–H groups in total. The summed E-state index contributed by atoms with van der Waals surface area (Å²) in [6.07, 6.45) is 0.896. The lowest BCUT2D eigenvalue weighted by molar-refractivity contribution is 0.0600. The van der Waals surface area contributed by atoms with Gasteiger partial charge < -0.3 is 14.2 Å². The van der Waals surface area contributed by atoms with Gasteiger partial charge in [-0.25, -0.2) is 9.78 Å². The molecule has 0 spiro atoms. The molecule has 138 valence electrons. The van der Waals surface area contributed by atoms with Gasteiger partial charge in [-0.3, -0.25) is 4.79 Å². The van der Waals surface area contributed by atoms with Crippen molar-refractivity contribution in [3.8, 4) is 0 Å². The van der Waals surface area contributed by atoms with Crippen molar-refractivity contribution >= 4 is 22.9 Å². The summed E-state index contributed by atoms with van der Waals surface area (Å²) in [7, 11) is 1.34. The number of rotatable bonds is 3. The number of para-hydroxylation sites is 2. The van der Waals surface area contributed by atoms with Gasteiger partial charge in [-0.15, -0.1) is 0 Å². The van der Waals surface area contributed by atoms with Crippen LogP contribution in [0.4, 0.5) is 0 Å². The number of aromatic nitrogens is 2. The second-order valence-corrected chi connectivity index (χ2v) is 6.78. The minimum atomic E-state index is -0.405. The standard InChI is InChI=1S/C21H21N3O3/c1-14-22-18-5-3-4-6-19(18)24(14)17-11-12-23(13-17)20(25)15-7-9-16(10-8-15)21(26)27-2/h3-10,17H,11-13H2,1-2H3/t17-/m0/s1. The lowest BCUT2D eigenvalue weighted by Gasteiger charge is -2.18. The van der Waals surface area contributed by atoms with Gasteiger partial charge in [-0.1, -0.05) is 12.1 Å². The highest BCUT2D eigenvalue weighted by molar-refractivity contribution is 5.96. The number of methoxy groups -OCH3 is 1. The first-order chi connectivity index (χ1) is 13.1. The van der Waals surface area contributed by atoms with E-state index in [1.165, 1.54) is 7.11 Å². The van der Waals surface area contributed by atoms with Crippen molar-refractivity contribution in [3.05, 3.63) is 65.5 Å². The number of amides is 1. The zero-order valence-electron chi connectivity index (χ0n) is 15.4. The minimum Gasteiger partial charge on any atom is -0.465 e. The lowest BCUT2D eigenvalue weighted by atomic mass is 10.1. The van der Waals surface area contributed by atoms with Crippen molar-refractivity contribution in [2.45, 2.75) is 19.4 Å². The molecule has 1 aliphatic heterocycles. The van der Waals surface area contributed by atoms with E-state index in [9.17, 15) is 9.59 Å². The van der Waals surface area contributed by atoms with Crippen LogP contribution < -0.4 is 0 Å². The van der Waals surface area contributed by atoms with Gasteiger partial charge in [0.25, 0.3) is 5.91 Å². The van der Waals surface area contributed by atoms with E-state index >= 15 is 0 Å². The van der Waals surface area contributed by atoms with E-state index in [4.69, 9.17) is 4.74 Å². The van der Waals surface area contributed by atoms with Gasteiger partial charge in [-0.2, -0.15) is 0 Å². The van der Waals surface area contributed by atoms with Crippen molar-refractivity contribution in [2.75, 3.05) is 20.2 Å². The fourth-order valence-corrected chi connectivity index (χ4v) is 3.81. The summed E-state index contributed by atoms with van der Waals surface area (Å²) in [6.45, 7) is 3.36. The Morgan fingerprint density at radius 1 is 1.07 bits per heavy atom. The van der Waals surface area contributed by atoms with Crippen LogP contribution in [0.15, 0.2) is 48.5 Å². The number of carbonyl (C=O) groups is 2. The molecule has 3 aromatic rings. The van der Waals surface area contributed by atoms with Crippen LogP contribution in [0.5, 0.6) is 0 Å². The molecule has 0 bridgehead atoms. The van der Waals surface area contributed by atoms with Crippen LogP contribution in [-0.2, 0) is 4.74 Å². The maximum Gasteiger partial charge on any atom is 0.337 e. The van der Waals surface area contributed by atoms with E-state index < -0.39 is 5.97 Å². The third kappa shape index (κ3) is 3.07. The summed E-state index contributed by atoms with van der Waals surface area (Å²) >= 11 is 0. The smallest absolute Gasteiger partial charge is 0.337 e. The quantitative estimate of drug-likeness (QED) is 0.670. The molecular weight excluding hydrogens is 342 g/mol. The van der Waals surface area contributed by atoms with Crippen molar-refractivity contribution in [1.82, 2.24) is 14.5 Å². The Bertz CT molecular complexity index is 1010. The van der Waals surface area contributed by atoms with Crippen molar-refractivity contribution in [2.24, 2.45) is 0 Å². The number of imidazole rings is 1. The van der Waals surface area contributed by atoms with Crippen LogP contribution in [0.3, 0.4) is 0 Å². The molecule has 2 aromatic carbocycles. The molecule has 6 nitrogen and oxygen atoms in total. The van der Waals surface area contributed by atoms with Crippen molar-refractivity contribution in [3.63, 3.8) is 0 Å². The summed E-state index contributed by atoms with van der Waals surface area (Å²) in [5.41, 5.74) is 3.11. The highest BCUT2D eigenvalue weighted by Gasteiger charge is 2.29. The fourth-order valence-electron chi connectivity index (χ4n) is 3.81. The maximum atomic E-state index is 12.8. The third-order valence-electron chi connectivity index (χ3n) is 5.14. The van der Waals surface area contributed by atoms with E-state index in [2.05, 4.69) is 15.6 Å². The van der Waals surface area contributed by atoms with E-state index in [1.807, 2.05) is 30.0 Å². The maximum absolute atomic E-state index is 12.8. The molecule has 6 heteroatoms. The van der Waals surface area contributed by atoms with E-state index in [0.717, 1.165) is 23.3 Å². The topological polar surface area (TPSA) is 64.4 Å². The van der Waals surface area contributed by atoms with Crippen LogP contribution in [0, 0.1) is 6.92 Å². The average molecular weight is 363 g/mol. The molecule has 1 amide bonds. The first-order valence-electron chi connectivity index (χ1n) is 8.99. The largest absolute Gasteiger partial charge is 0.465 e. The molecule has 1 atom stereocenters. The van der Waals surface area contributed by atoms with Gasteiger partial charge in [0.15, 0.2) is 0 Å². The molecule has 0 unspecified atom stereocenters. The Labute approximate surface area is 157 Å². The first-order valence-corrected chi connectivity index (χ1v) is 8.99. The minimum absolute atomic E-state index is 0.0176. The second-order valence-electron chi connectivity index (χ2n) is 6.78. The summed E-state index contributed by atoms with van der Waals surface area (Å²) in [5, 5.41) is 0. The zero-order chi connectivity index (χ0) is 19.0. The molecule has 4 rings (SSSR count). The molecule has 27 heavy (non-hydrogen) atoms. The van der Waals surface area contributed by atoms with Gasteiger partial charge in [0.1, 0.15) is 5.82 Å². The molecular formula is C21H21N3O3. The predicted molar refractivity (Wildman–Crippen MR) is 102 cm³/mol. The molecule has 0 saturated carbocycles. The molecule has 0 radical (unpaired) electrons. The van der Waals surface area contributed by atoms with Gasteiger partial charge in [0, 0.05) is 18.7 Å². The molecule has 2 heterocycles. The number of likely N-dealkylation sites (tertiary alicyclic amines) is 1. The van der Waals surface area contributed by atoms with Gasteiger partial charge in [0.05, 0.1) is 29.7 Å². The van der Waals surface area contributed by atoms with Crippen molar-refractivity contribution in [1.29, 1.82) is 0 Å². The van der Waals surface area contributed by atoms with E-state index in [-0.39, 0.29) is 11.9 Å². The van der Waals surface area contributed by atoms with E-state index in [0.29, 0.717) is 24.2 Å². The Morgan fingerprint density at radius 2 is 1.78 bits per heavy atom. The monoisotopic (exact) mass is 363 g/mol. The zero-order valence-corrected chi connectivity index (χ0v) is 15.4. The number of benzene rings is 2. The summed E-state index contributed by atoms with van der Waals surface area (Å²) < 4.78 is 6.93. The van der Waals surface area contributed by atoms with Gasteiger partial charge in [0.2, 0.25) is 0 Å². The summed E-state index contributed by atoms with van der Waals surface area (Å²) in [6, 6.07) is 14.9. The lowest BCUT2D eigenvalue weighted by Crippen LogP contribution is -2.29. The highest BCUT2D eigenvalue weighted by Crippen LogP contribution is 2.28. The van der Waals surface area contributed by atoms with Crippen LogP contribution in [0.1, 0.15) is 39.0 Å². The number of hydrogen-bond acceptors (Lipinski definition) is 4. The number of esters is 1. The van der Waals surface area contributed by atoms with Crippen molar-refractivity contribution < 1.29 is 14.3 Å². The highest BCUT2D eigenvalue weighted by atomic mass is 16.5. The Balaban J connectivity index is 1.53. The molecule has 1 aromatic heterocycles. The number of carbonyl (C=O) groups excluding carboxylic acids is 2. The fraction of sp³-hybridized carbons (Fsp3) is 0.286. The Kier molecular flexibility index (Phi) is 4.39. The van der Waals surface area contributed by atoms with E-state index in [1.54, 1.807) is 24.3 Å². The molecule has 1 saturated heterocycles. The number of fused-ring (bicyclic) bond motifs is 1. The van der Waals surface area contributed by atoms with Gasteiger partial charge >= 0.3 is 5.97 Å². The SMILES string of the molecule is COC(=O)c1ccc(C(=O)N2CC[C@H](n3c(C)nc4ccccc43)C2)cc1. The summed E-state index contributed by atoms with van der Waals surface area (Å²) in [4.78, 5) is 30.9. The normalized spacial score (nSPS) is 16.7. The molecule has 0 aliphatic carbocycles. The van der Waals surface area contributed by atoms with Crippen LogP contribution in [0.2, 0.25) is 0 Å². The first kappa shape index (κ1) is 17.3. The number of ether oxygens (including phenoxy) is 1. The number of nitrogens with zero attached hydrogens (tertiary/aromatic N) is 3. The van der Waals surface area contributed by atoms with Gasteiger partial charge in [-0.05, 0) is 49.7 Å². The molecule has 1 aliphatic rings. The Morgan fingerprint density at radius 3 is 2.52 bits per heavy atom. The van der Waals surface area contributed by atoms with Crippen LogP contribution in [-0.4, -0.2) is 46.5 Å². The second kappa shape index (κ2) is 6.87. The third-order valence-corrected chi connectivity index (χ3v) is 5.14. The predicted octanol–water partition coefficient (Wildman–Crippen LogP) is 3.22. The number of hydrogen-bond donors (Lipinski definition) is 0.